The predicted octanol–water partition coefficient (Wildman–Crippen LogP) is 0.716. The fourth-order valence-corrected chi connectivity index (χ4v) is 0.973. The first kappa shape index (κ1) is 10.2. The molecule has 1 rings (SSSR count). The molecule has 0 unspecified atom stereocenters. The van der Waals surface area contributed by atoms with Crippen LogP contribution >= 0.6 is 0 Å². The Bertz CT molecular complexity index is 211. The van der Waals surface area contributed by atoms with Crippen molar-refractivity contribution in [2.45, 2.75) is 13.5 Å². The molecule has 1 aromatic heterocycles. The van der Waals surface area contributed by atoms with Crippen LogP contribution in [0.4, 0.5) is 0 Å². The van der Waals surface area contributed by atoms with Gasteiger partial charge >= 0.3 is 0 Å². The van der Waals surface area contributed by atoms with Crippen molar-refractivity contribution in [2.75, 3.05) is 26.7 Å². The van der Waals surface area contributed by atoms with E-state index in [0.717, 1.165) is 31.9 Å². The zero-order valence-corrected chi connectivity index (χ0v) is 8.29. The Morgan fingerprint density at radius 3 is 3.08 bits per heavy atom. The molecule has 74 valence electrons. The van der Waals surface area contributed by atoms with Gasteiger partial charge in [0, 0.05) is 25.7 Å². The molecule has 0 spiro atoms. The van der Waals surface area contributed by atoms with Gasteiger partial charge in [-0.15, -0.1) is 0 Å². The van der Waals surface area contributed by atoms with Crippen LogP contribution in [0.1, 0.15) is 12.6 Å². The molecule has 13 heavy (non-hydrogen) atoms. The van der Waals surface area contributed by atoms with E-state index >= 15 is 0 Å². The Kier molecular flexibility index (Phi) is 4.49. The van der Waals surface area contributed by atoms with E-state index in [0.29, 0.717) is 0 Å². The lowest BCUT2D eigenvalue weighted by Crippen LogP contribution is -2.28. The van der Waals surface area contributed by atoms with E-state index in [-0.39, 0.29) is 0 Å². The maximum absolute atomic E-state index is 4.71. The number of nitrogens with zero attached hydrogens (tertiary/aromatic N) is 2. The molecular weight excluding hydrogens is 166 g/mol. The van der Waals surface area contributed by atoms with E-state index in [1.165, 1.54) is 0 Å². The van der Waals surface area contributed by atoms with Gasteiger partial charge in [0.1, 0.15) is 6.26 Å². The van der Waals surface area contributed by atoms with Gasteiger partial charge in [-0.2, -0.15) is 0 Å². The van der Waals surface area contributed by atoms with Crippen molar-refractivity contribution in [3.05, 3.63) is 18.0 Å². The number of likely N-dealkylation sites (N-methyl/N-ethyl adjacent to an activating group) is 1. The van der Waals surface area contributed by atoms with Crippen LogP contribution in [0, 0.1) is 0 Å². The summed E-state index contributed by atoms with van der Waals surface area (Å²) in [7, 11) is 2.11. The minimum Gasteiger partial charge on any atom is -0.364 e. The van der Waals surface area contributed by atoms with Crippen LogP contribution < -0.4 is 5.32 Å². The topological polar surface area (TPSA) is 41.3 Å². The lowest BCUT2D eigenvalue weighted by Gasteiger charge is -2.13. The molecule has 0 aliphatic carbocycles. The summed E-state index contributed by atoms with van der Waals surface area (Å²) >= 11 is 0. The van der Waals surface area contributed by atoms with Crippen molar-refractivity contribution in [1.82, 2.24) is 15.4 Å². The Balaban J connectivity index is 2.02. The highest BCUT2D eigenvalue weighted by atomic mass is 16.5. The molecule has 1 aromatic rings. The van der Waals surface area contributed by atoms with Crippen molar-refractivity contribution < 1.29 is 4.52 Å². The molecule has 0 radical (unpaired) electrons. The van der Waals surface area contributed by atoms with Gasteiger partial charge in [-0.25, -0.2) is 0 Å². The largest absolute Gasteiger partial charge is 0.364 e. The van der Waals surface area contributed by atoms with Gasteiger partial charge in [0.05, 0.1) is 5.69 Å². The van der Waals surface area contributed by atoms with Crippen molar-refractivity contribution in [1.29, 1.82) is 0 Å². The van der Waals surface area contributed by atoms with Gasteiger partial charge in [0.2, 0.25) is 0 Å². The highest BCUT2D eigenvalue weighted by Gasteiger charge is 1.96. The normalized spacial score (nSPS) is 11.0. The molecule has 0 aromatic carbocycles. The SMILES string of the molecule is CCN(C)CCNCc1ccon1. The lowest BCUT2D eigenvalue weighted by molar-refractivity contribution is 0.347. The van der Waals surface area contributed by atoms with Crippen LogP contribution in [-0.4, -0.2) is 36.7 Å². The molecule has 1 heterocycles. The average Bonchev–Trinajstić information content (AvgIpc) is 2.64. The predicted molar refractivity (Wildman–Crippen MR) is 51.4 cm³/mol. The smallest absolute Gasteiger partial charge is 0.124 e. The first-order valence-corrected chi connectivity index (χ1v) is 4.61. The summed E-state index contributed by atoms with van der Waals surface area (Å²) in [5, 5.41) is 7.09. The maximum Gasteiger partial charge on any atom is 0.124 e. The van der Waals surface area contributed by atoms with Crippen molar-refractivity contribution in [2.24, 2.45) is 0 Å². The standard InChI is InChI=1S/C9H17N3O/c1-3-12(2)6-5-10-8-9-4-7-13-11-9/h4,7,10H,3,5-6,8H2,1-2H3. The van der Waals surface area contributed by atoms with Gasteiger partial charge < -0.3 is 14.7 Å². The molecule has 4 heteroatoms. The van der Waals surface area contributed by atoms with E-state index in [1.54, 1.807) is 6.26 Å². The Labute approximate surface area is 78.9 Å². The monoisotopic (exact) mass is 183 g/mol. The van der Waals surface area contributed by atoms with Crippen molar-refractivity contribution >= 4 is 0 Å². The molecule has 0 aliphatic heterocycles. The van der Waals surface area contributed by atoms with E-state index in [4.69, 9.17) is 4.52 Å². The highest BCUT2D eigenvalue weighted by molar-refractivity contribution is 4.93. The number of nitrogens with one attached hydrogen (secondary N) is 1. The lowest BCUT2D eigenvalue weighted by atomic mass is 10.4. The summed E-state index contributed by atoms with van der Waals surface area (Å²) in [6, 6.07) is 1.87. The average molecular weight is 183 g/mol. The van der Waals surface area contributed by atoms with Crippen LogP contribution in [0.15, 0.2) is 16.9 Å². The number of aromatic nitrogens is 1. The molecule has 1 N–H and O–H groups in total. The molecule has 4 nitrogen and oxygen atoms in total. The van der Waals surface area contributed by atoms with Gasteiger partial charge in [-0.05, 0) is 13.6 Å². The van der Waals surface area contributed by atoms with E-state index < -0.39 is 0 Å². The van der Waals surface area contributed by atoms with Gasteiger partial charge in [-0.3, -0.25) is 0 Å². The second kappa shape index (κ2) is 5.72. The summed E-state index contributed by atoms with van der Waals surface area (Å²) in [6.07, 6.45) is 1.59. The summed E-state index contributed by atoms with van der Waals surface area (Å²) in [5.74, 6) is 0. The number of hydrogen-bond donors (Lipinski definition) is 1. The second-order valence-corrected chi connectivity index (χ2v) is 3.06. The van der Waals surface area contributed by atoms with E-state index in [1.807, 2.05) is 6.07 Å². The first-order chi connectivity index (χ1) is 6.33. The number of rotatable bonds is 6. The van der Waals surface area contributed by atoms with Gasteiger partial charge in [0.25, 0.3) is 0 Å². The van der Waals surface area contributed by atoms with Crippen LogP contribution in [-0.2, 0) is 6.54 Å². The van der Waals surface area contributed by atoms with E-state index in [9.17, 15) is 0 Å². The van der Waals surface area contributed by atoms with Crippen molar-refractivity contribution in [3.63, 3.8) is 0 Å². The zero-order chi connectivity index (χ0) is 9.52. The molecule has 0 saturated heterocycles. The van der Waals surface area contributed by atoms with Crippen LogP contribution in [0.25, 0.3) is 0 Å². The first-order valence-electron chi connectivity index (χ1n) is 4.61. The fraction of sp³-hybridized carbons (Fsp3) is 0.667. The molecule has 0 fully saturated rings. The zero-order valence-electron chi connectivity index (χ0n) is 8.29. The molecule has 0 atom stereocenters. The molecule has 0 amide bonds. The Morgan fingerprint density at radius 1 is 1.62 bits per heavy atom. The Morgan fingerprint density at radius 2 is 2.46 bits per heavy atom. The third kappa shape index (κ3) is 4.05. The fourth-order valence-electron chi connectivity index (χ4n) is 0.973. The molecule has 0 aliphatic rings. The minimum absolute atomic E-state index is 0.786. The van der Waals surface area contributed by atoms with Crippen LogP contribution in [0.3, 0.4) is 0 Å². The quantitative estimate of drug-likeness (QED) is 0.660. The third-order valence-electron chi connectivity index (χ3n) is 2.01. The molecule has 0 saturated carbocycles. The molecular formula is C9H17N3O. The summed E-state index contributed by atoms with van der Waals surface area (Å²) in [6.45, 7) is 6.07. The van der Waals surface area contributed by atoms with Gasteiger partial charge in [0.15, 0.2) is 0 Å². The van der Waals surface area contributed by atoms with Crippen LogP contribution in [0.5, 0.6) is 0 Å². The second-order valence-electron chi connectivity index (χ2n) is 3.06. The number of hydrogen-bond acceptors (Lipinski definition) is 4. The summed E-state index contributed by atoms with van der Waals surface area (Å²) < 4.78 is 4.71. The third-order valence-corrected chi connectivity index (χ3v) is 2.01. The van der Waals surface area contributed by atoms with Crippen LogP contribution in [0.2, 0.25) is 0 Å². The summed E-state index contributed by atoms with van der Waals surface area (Å²) in [4.78, 5) is 2.26. The molecule has 0 bridgehead atoms. The minimum atomic E-state index is 0.786. The Hall–Kier alpha value is -0.870. The van der Waals surface area contributed by atoms with Gasteiger partial charge in [-0.1, -0.05) is 12.1 Å². The highest BCUT2D eigenvalue weighted by Crippen LogP contribution is 1.92. The van der Waals surface area contributed by atoms with E-state index in [2.05, 4.69) is 29.3 Å². The maximum atomic E-state index is 4.71. The summed E-state index contributed by atoms with van der Waals surface area (Å²) in [5.41, 5.74) is 0.958. The van der Waals surface area contributed by atoms with Crippen molar-refractivity contribution in [3.8, 4) is 0 Å².